The molecule has 2 amide bonds. The number of rotatable bonds is 8. The van der Waals surface area contributed by atoms with E-state index in [0.29, 0.717) is 16.4 Å². The van der Waals surface area contributed by atoms with E-state index in [-0.39, 0.29) is 28.8 Å². The maximum absolute atomic E-state index is 12.7. The third-order valence-electron chi connectivity index (χ3n) is 4.66. The molecule has 0 saturated heterocycles. The molecule has 0 unspecified atom stereocenters. The van der Waals surface area contributed by atoms with Gasteiger partial charge in [-0.1, -0.05) is 49.7 Å². The zero-order chi connectivity index (χ0) is 24.0. The van der Waals surface area contributed by atoms with E-state index < -0.39 is 15.9 Å². The lowest BCUT2D eigenvalue weighted by molar-refractivity contribution is -0.118. The van der Waals surface area contributed by atoms with Gasteiger partial charge >= 0.3 is 0 Å². The number of hydrogen-bond donors (Lipinski definition) is 3. The lowest BCUT2D eigenvalue weighted by Crippen LogP contribution is -2.23. The smallest absolute Gasteiger partial charge is 0.261 e. The van der Waals surface area contributed by atoms with Gasteiger partial charge in [-0.2, -0.15) is 0 Å². The fourth-order valence-corrected chi connectivity index (χ4v) is 4.19. The summed E-state index contributed by atoms with van der Waals surface area (Å²) < 4.78 is 27.9. The fraction of sp³-hybridized carbons (Fsp3) is 0.167. The van der Waals surface area contributed by atoms with Crippen molar-refractivity contribution >= 4 is 44.8 Å². The summed E-state index contributed by atoms with van der Waals surface area (Å²) in [5.74, 6) is -0.669. The van der Waals surface area contributed by atoms with Gasteiger partial charge < -0.3 is 10.6 Å². The minimum atomic E-state index is -3.91. The van der Waals surface area contributed by atoms with Crippen LogP contribution in [0.15, 0.2) is 77.7 Å². The Bertz CT molecular complexity index is 1280. The molecular formula is C24H24ClN3O4S. The largest absolute Gasteiger partial charge is 0.348 e. The van der Waals surface area contributed by atoms with Crippen LogP contribution in [-0.2, 0) is 21.4 Å². The van der Waals surface area contributed by atoms with Gasteiger partial charge in [-0.25, -0.2) is 8.42 Å². The molecule has 33 heavy (non-hydrogen) atoms. The molecule has 3 aromatic carbocycles. The number of amides is 2. The first-order valence-corrected chi connectivity index (χ1v) is 12.1. The Hall–Kier alpha value is -3.36. The average Bonchev–Trinajstić information content (AvgIpc) is 2.77. The monoisotopic (exact) mass is 485 g/mol. The molecule has 9 heteroatoms. The van der Waals surface area contributed by atoms with Crippen molar-refractivity contribution in [3.8, 4) is 0 Å². The van der Waals surface area contributed by atoms with Crippen LogP contribution in [0.25, 0.3) is 0 Å². The summed E-state index contributed by atoms with van der Waals surface area (Å²) in [7, 11) is -3.91. The number of benzene rings is 3. The lowest BCUT2D eigenvalue weighted by atomic mass is 10.1. The van der Waals surface area contributed by atoms with Crippen LogP contribution in [0, 0.1) is 5.92 Å². The molecule has 3 rings (SSSR count). The molecule has 0 heterocycles. The summed E-state index contributed by atoms with van der Waals surface area (Å²) in [5.41, 5.74) is 1.95. The third kappa shape index (κ3) is 6.81. The number of carbonyl (C=O) groups is 2. The number of hydrogen-bond acceptors (Lipinski definition) is 4. The molecule has 7 nitrogen and oxygen atoms in total. The van der Waals surface area contributed by atoms with Gasteiger partial charge in [0.2, 0.25) is 5.91 Å². The standard InChI is InChI=1S/C24H24ClN3O4S/c1-16(2)23(29)27-20-9-3-6-17(12-20)15-26-24(30)18-7-4-11-22(13-18)33(31,32)28-21-10-5-8-19(25)14-21/h3-14,16,28H,15H2,1-2H3,(H,26,30)(H,27,29). The Morgan fingerprint density at radius 2 is 1.61 bits per heavy atom. The van der Waals surface area contributed by atoms with Crippen molar-refractivity contribution in [2.75, 3.05) is 10.0 Å². The number of carbonyl (C=O) groups excluding carboxylic acids is 2. The van der Waals surface area contributed by atoms with E-state index in [4.69, 9.17) is 11.6 Å². The van der Waals surface area contributed by atoms with Crippen LogP contribution < -0.4 is 15.4 Å². The quantitative estimate of drug-likeness (QED) is 0.431. The molecule has 0 aliphatic heterocycles. The maximum Gasteiger partial charge on any atom is 0.261 e. The summed E-state index contributed by atoms with van der Waals surface area (Å²) in [5, 5.41) is 5.98. The van der Waals surface area contributed by atoms with E-state index in [2.05, 4.69) is 15.4 Å². The molecule has 0 radical (unpaired) electrons. The van der Waals surface area contributed by atoms with Gasteiger partial charge in [0.15, 0.2) is 0 Å². The van der Waals surface area contributed by atoms with E-state index in [9.17, 15) is 18.0 Å². The topological polar surface area (TPSA) is 104 Å². The summed E-state index contributed by atoms with van der Waals surface area (Å²) in [6, 6.07) is 19.2. The summed E-state index contributed by atoms with van der Waals surface area (Å²) in [4.78, 5) is 24.5. The molecule has 0 saturated carbocycles. The van der Waals surface area contributed by atoms with Crippen molar-refractivity contribution in [2.24, 2.45) is 5.92 Å². The van der Waals surface area contributed by atoms with E-state index >= 15 is 0 Å². The molecule has 0 atom stereocenters. The lowest BCUT2D eigenvalue weighted by Gasteiger charge is -2.11. The second-order valence-electron chi connectivity index (χ2n) is 7.67. The molecule has 0 aromatic heterocycles. The van der Waals surface area contributed by atoms with Crippen molar-refractivity contribution < 1.29 is 18.0 Å². The van der Waals surface area contributed by atoms with Crippen LogP contribution >= 0.6 is 11.6 Å². The minimum absolute atomic E-state index is 0.0477. The van der Waals surface area contributed by atoms with Crippen molar-refractivity contribution in [3.05, 3.63) is 88.9 Å². The SMILES string of the molecule is CC(C)C(=O)Nc1cccc(CNC(=O)c2cccc(S(=O)(=O)Nc3cccc(Cl)c3)c2)c1. The average molecular weight is 486 g/mol. The highest BCUT2D eigenvalue weighted by atomic mass is 35.5. The highest BCUT2D eigenvalue weighted by Gasteiger charge is 2.17. The van der Waals surface area contributed by atoms with Crippen molar-refractivity contribution in [1.29, 1.82) is 0 Å². The third-order valence-corrected chi connectivity index (χ3v) is 6.27. The van der Waals surface area contributed by atoms with Crippen LogP contribution in [0.3, 0.4) is 0 Å². The molecule has 0 fully saturated rings. The van der Waals surface area contributed by atoms with Crippen molar-refractivity contribution in [3.63, 3.8) is 0 Å². The maximum atomic E-state index is 12.7. The molecule has 0 aliphatic carbocycles. The Labute approximate surface area is 198 Å². The Morgan fingerprint density at radius 3 is 2.33 bits per heavy atom. The van der Waals surface area contributed by atoms with E-state index in [1.807, 2.05) is 6.07 Å². The minimum Gasteiger partial charge on any atom is -0.348 e. The normalized spacial score (nSPS) is 11.2. The Balaban J connectivity index is 1.68. The number of halogens is 1. The highest BCUT2D eigenvalue weighted by Crippen LogP contribution is 2.20. The van der Waals surface area contributed by atoms with E-state index in [1.165, 1.54) is 30.3 Å². The van der Waals surface area contributed by atoms with Gasteiger partial charge in [0, 0.05) is 28.7 Å². The molecular weight excluding hydrogens is 462 g/mol. The predicted molar refractivity (Wildman–Crippen MR) is 130 cm³/mol. The Kier molecular flexibility index (Phi) is 7.73. The molecule has 172 valence electrons. The van der Waals surface area contributed by atoms with Gasteiger partial charge in [0.1, 0.15) is 0 Å². The highest BCUT2D eigenvalue weighted by molar-refractivity contribution is 7.92. The van der Waals surface area contributed by atoms with Crippen LogP contribution in [0.1, 0.15) is 29.8 Å². The number of sulfonamides is 1. The van der Waals surface area contributed by atoms with Crippen LogP contribution in [0.2, 0.25) is 5.02 Å². The van der Waals surface area contributed by atoms with Crippen molar-refractivity contribution in [1.82, 2.24) is 5.32 Å². The van der Waals surface area contributed by atoms with Crippen LogP contribution in [0.5, 0.6) is 0 Å². The molecule has 3 N–H and O–H groups in total. The van der Waals surface area contributed by atoms with Crippen LogP contribution in [-0.4, -0.2) is 20.2 Å². The van der Waals surface area contributed by atoms with Gasteiger partial charge in [-0.3, -0.25) is 14.3 Å². The molecule has 0 aliphatic rings. The summed E-state index contributed by atoms with van der Waals surface area (Å²) >= 11 is 5.91. The van der Waals surface area contributed by atoms with Gasteiger partial charge in [0.25, 0.3) is 15.9 Å². The first-order valence-electron chi connectivity index (χ1n) is 10.2. The van der Waals surface area contributed by atoms with Gasteiger partial charge in [0.05, 0.1) is 10.6 Å². The number of anilines is 2. The molecule has 0 spiro atoms. The summed E-state index contributed by atoms with van der Waals surface area (Å²) in [6.07, 6.45) is 0. The molecule has 3 aromatic rings. The van der Waals surface area contributed by atoms with Crippen LogP contribution in [0.4, 0.5) is 11.4 Å². The zero-order valence-corrected chi connectivity index (χ0v) is 19.7. The van der Waals surface area contributed by atoms with Gasteiger partial charge in [-0.15, -0.1) is 0 Å². The molecule has 0 bridgehead atoms. The van der Waals surface area contributed by atoms with Crippen molar-refractivity contribution in [2.45, 2.75) is 25.3 Å². The Morgan fingerprint density at radius 1 is 0.909 bits per heavy atom. The zero-order valence-electron chi connectivity index (χ0n) is 18.1. The fourth-order valence-electron chi connectivity index (χ4n) is 2.90. The first kappa shape index (κ1) is 24.3. The van der Waals surface area contributed by atoms with E-state index in [1.54, 1.807) is 50.2 Å². The first-order chi connectivity index (χ1) is 15.6. The van der Waals surface area contributed by atoms with Gasteiger partial charge in [-0.05, 0) is 54.1 Å². The summed E-state index contributed by atoms with van der Waals surface area (Å²) in [6.45, 7) is 3.82. The number of nitrogens with one attached hydrogen (secondary N) is 3. The second-order valence-corrected chi connectivity index (χ2v) is 9.79. The predicted octanol–water partition coefficient (Wildman–Crippen LogP) is 4.67. The second kappa shape index (κ2) is 10.5. The van der Waals surface area contributed by atoms with E-state index in [0.717, 1.165) is 5.56 Å².